The van der Waals surface area contributed by atoms with E-state index >= 15 is 0 Å². The summed E-state index contributed by atoms with van der Waals surface area (Å²) in [7, 11) is 0. The molecule has 1 amide bonds. The summed E-state index contributed by atoms with van der Waals surface area (Å²) in [6.07, 6.45) is 2.39. The summed E-state index contributed by atoms with van der Waals surface area (Å²) in [5.41, 5.74) is 0.577. The van der Waals surface area contributed by atoms with Crippen molar-refractivity contribution in [2.45, 2.75) is 18.8 Å². The maximum Gasteiger partial charge on any atom is 0.244 e. The van der Waals surface area contributed by atoms with Crippen molar-refractivity contribution in [3.05, 3.63) is 29.8 Å². The number of phenols is 2. The van der Waals surface area contributed by atoms with Crippen LogP contribution in [0.4, 0.5) is 0 Å². The topological polar surface area (TPSA) is 99.0 Å². The Kier molecular flexibility index (Phi) is 4.03. The van der Waals surface area contributed by atoms with E-state index in [1.807, 2.05) is 0 Å². The highest BCUT2D eigenvalue weighted by Crippen LogP contribution is 2.25. The molecule has 1 aromatic rings. The Balaban J connectivity index is 1.94. The molecule has 1 fully saturated rings. The van der Waals surface area contributed by atoms with Crippen LogP contribution in [0, 0.1) is 0 Å². The van der Waals surface area contributed by atoms with Crippen molar-refractivity contribution in [3.63, 3.8) is 0 Å². The predicted octanol–water partition coefficient (Wildman–Crippen LogP) is 0.334. The fraction of sp³-hybridized carbons (Fsp3) is 0.308. The Labute approximate surface area is 109 Å². The van der Waals surface area contributed by atoms with E-state index in [4.69, 9.17) is 9.84 Å². The molecule has 2 rings (SSSR count). The van der Waals surface area contributed by atoms with E-state index in [2.05, 4.69) is 5.32 Å². The Morgan fingerprint density at radius 1 is 1.37 bits per heavy atom. The molecule has 0 radical (unpaired) electrons. The van der Waals surface area contributed by atoms with E-state index in [0.29, 0.717) is 18.6 Å². The molecule has 0 saturated carbocycles. The maximum absolute atomic E-state index is 11.6. The fourth-order valence-electron chi connectivity index (χ4n) is 1.76. The minimum atomic E-state index is -0.963. The first kappa shape index (κ1) is 13.4. The van der Waals surface area contributed by atoms with Crippen molar-refractivity contribution in [3.8, 4) is 11.5 Å². The van der Waals surface area contributed by atoms with Crippen molar-refractivity contribution >= 4 is 12.0 Å². The van der Waals surface area contributed by atoms with Gasteiger partial charge in [-0.3, -0.25) is 4.79 Å². The van der Waals surface area contributed by atoms with Gasteiger partial charge >= 0.3 is 0 Å². The lowest BCUT2D eigenvalue weighted by Gasteiger charge is -2.13. The summed E-state index contributed by atoms with van der Waals surface area (Å²) in [6.45, 7) is 0.418. The van der Waals surface area contributed by atoms with Gasteiger partial charge in [-0.05, 0) is 30.2 Å². The van der Waals surface area contributed by atoms with Gasteiger partial charge in [-0.1, -0.05) is 6.07 Å². The van der Waals surface area contributed by atoms with Gasteiger partial charge < -0.3 is 25.4 Å². The first-order chi connectivity index (χ1) is 9.06. The Bertz CT molecular complexity index is 500. The number of rotatable bonds is 3. The van der Waals surface area contributed by atoms with Crippen LogP contribution in [0.15, 0.2) is 24.3 Å². The van der Waals surface area contributed by atoms with Crippen LogP contribution in [0.2, 0.25) is 0 Å². The molecule has 4 N–H and O–H groups in total. The summed E-state index contributed by atoms with van der Waals surface area (Å²) >= 11 is 0. The number of aliphatic hydroxyl groups excluding tert-OH is 1. The average Bonchev–Trinajstić information content (AvgIpc) is 2.77. The van der Waals surface area contributed by atoms with Crippen molar-refractivity contribution < 1.29 is 24.9 Å². The van der Waals surface area contributed by atoms with E-state index in [1.165, 1.54) is 24.3 Å². The third kappa shape index (κ3) is 3.46. The van der Waals surface area contributed by atoms with Gasteiger partial charge in [0, 0.05) is 6.08 Å². The Hall–Kier alpha value is -2.05. The number of phenolic OH excluding ortho intramolecular Hbond substituents is 2. The van der Waals surface area contributed by atoms with Crippen LogP contribution in [-0.4, -0.2) is 40.2 Å². The van der Waals surface area contributed by atoms with Crippen LogP contribution >= 0.6 is 0 Å². The molecule has 0 spiro atoms. The second kappa shape index (κ2) is 5.73. The van der Waals surface area contributed by atoms with E-state index < -0.39 is 12.3 Å². The molecule has 1 aliphatic heterocycles. The molecule has 1 aliphatic rings. The van der Waals surface area contributed by atoms with Gasteiger partial charge in [0.05, 0.1) is 12.6 Å². The van der Waals surface area contributed by atoms with Crippen LogP contribution in [-0.2, 0) is 9.53 Å². The summed E-state index contributed by atoms with van der Waals surface area (Å²) in [5, 5.41) is 30.4. The quantitative estimate of drug-likeness (QED) is 0.466. The summed E-state index contributed by atoms with van der Waals surface area (Å²) in [4.78, 5) is 11.6. The second-order valence-corrected chi connectivity index (χ2v) is 4.25. The van der Waals surface area contributed by atoms with E-state index in [9.17, 15) is 15.0 Å². The van der Waals surface area contributed by atoms with Crippen molar-refractivity contribution in [2.75, 3.05) is 6.61 Å². The highest BCUT2D eigenvalue weighted by molar-refractivity contribution is 5.92. The van der Waals surface area contributed by atoms with Gasteiger partial charge in [-0.25, -0.2) is 0 Å². The molecule has 1 aromatic carbocycles. The van der Waals surface area contributed by atoms with Crippen molar-refractivity contribution in [1.82, 2.24) is 5.32 Å². The molecule has 0 bridgehead atoms. The molecule has 2 unspecified atom stereocenters. The molecule has 0 aliphatic carbocycles. The van der Waals surface area contributed by atoms with Crippen molar-refractivity contribution in [2.24, 2.45) is 0 Å². The number of aliphatic hydroxyl groups is 1. The highest BCUT2D eigenvalue weighted by Gasteiger charge is 2.26. The normalized spacial score (nSPS) is 22.8. The SMILES string of the molecule is O=C(/C=C/c1ccc(O)c(O)c1)NC1CCOC1O. The minimum Gasteiger partial charge on any atom is -0.504 e. The number of hydrogen-bond donors (Lipinski definition) is 4. The number of nitrogens with one attached hydrogen (secondary N) is 1. The van der Waals surface area contributed by atoms with Gasteiger partial charge in [0.2, 0.25) is 5.91 Å². The Morgan fingerprint density at radius 3 is 2.79 bits per heavy atom. The molecular formula is C13H15NO5. The molecule has 1 heterocycles. The molecule has 102 valence electrons. The zero-order valence-corrected chi connectivity index (χ0v) is 10.1. The number of amides is 1. The van der Waals surface area contributed by atoms with E-state index in [1.54, 1.807) is 6.07 Å². The summed E-state index contributed by atoms with van der Waals surface area (Å²) in [6, 6.07) is 3.84. The molecular weight excluding hydrogens is 250 g/mol. The number of benzene rings is 1. The van der Waals surface area contributed by atoms with Gasteiger partial charge in [-0.2, -0.15) is 0 Å². The molecule has 6 heteroatoms. The van der Waals surface area contributed by atoms with Crippen LogP contribution in [0.5, 0.6) is 11.5 Å². The number of carbonyl (C=O) groups is 1. The van der Waals surface area contributed by atoms with Gasteiger partial charge in [0.1, 0.15) is 0 Å². The molecule has 2 atom stereocenters. The average molecular weight is 265 g/mol. The molecule has 19 heavy (non-hydrogen) atoms. The third-order valence-corrected chi connectivity index (χ3v) is 2.82. The minimum absolute atomic E-state index is 0.215. The highest BCUT2D eigenvalue weighted by atomic mass is 16.6. The lowest BCUT2D eigenvalue weighted by molar-refractivity contribution is -0.120. The lowest BCUT2D eigenvalue weighted by Crippen LogP contribution is -2.39. The third-order valence-electron chi connectivity index (χ3n) is 2.82. The fourth-order valence-corrected chi connectivity index (χ4v) is 1.76. The van der Waals surface area contributed by atoms with E-state index in [-0.39, 0.29) is 17.4 Å². The van der Waals surface area contributed by atoms with Gasteiger partial charge in [0.25, 0.3) is 0 Å². The van der Waals surface area contributed by atoms with Gasteiger partial charge in [0.15, 0.2) is 17.8 Å². The monoisotopic (exact) mass is 265 g/mol. The number of hydrogen-bond acceptors (Lipinski definition) is 5. The second-order valence-electron chi connectivity index (χ2n) is 4.25. The standard InChI is InChI=1S/C13H15NO5/c15-10-3-1-8(7-11(10)16)2-4-12(17)14-9-5-6-19-13(9)18/h1-4,7,9,13,15-16,18H,5-6H2,(H,14,17)/b4-2+. The van der Waals surface area contributed by atoms with Crippen LogP contribution in [0.1, 0.15) is 12.0 Å². The zero-order valence-electron chi connectivity index (χ0n) is 10.1. The lowest BCUT2D eigenvalue weighted by atomic mass is 10.2. The largest absolute Gasteiger partial charge is 0.504 e. The number of ether oxygens (including phenoxy) is 1. The smallest absolute Gasteiger partial charge is 0.244 e. The predicted molar refractivity (Wildman–Crippen MR) is 67.3 cm³/mol. The van der Waals surface area contributed by atoms with Gasteiger partial charge in [-0.15, -0.1) is 0 Å². The van der Waals surface area contributed by atoms with Crippen LogP contribution < -0.4 is 5.32 Å². The molecule has 6 nitrogen and oxygen atoms in total. The number of aromatic hydroxyl groups is 2. The molecule has 1 saturated heterocycles. The summed E-state index contributed by atoms with van der Waals surface area (Å²) in [5.74, 6) is -0.822. The maximum atomic E-state index is 11.6. The number of carbonyl (C=O) groups excluding carboxylic acids is 1. The van der Waals surface area contributed by atoms with Crippen molar-refractivity contribution in [1.29, 1.82) is 0 Å². The molecule has 0 aromatic heterocycles. The zero-order chi connectivity index (χ0) is 13.8. The van der Waals surface area contributed by atoms with E-state index in [0.717, 1.165) is 0 Å². The first-order valence-corrected chi connectivity index (χ1v) is 5.86. The van der Waals surface area contributed by atoms with Crippen LogP contribution in [0.3, 0.4) is 0 Å². The van der Waals surface area contributed by atoms with Crippen LogP contribution in [0.25, 0.3) is 6.08 Å². The Morgan fingerprint density at radius 2 is 2.16 bits per heavy atom. The first-order valence-electron chi connectivity index (χ1n) is 5.86. The summed E-state index contributed by atoms with van der Waals surface area (Å²) < 4.78 is 4.91.